The number of amides is 2. The highest BCUT2D eigenvalue weighted by molar-refractivity contribution is 5.85. The van der Waals surface area contributed by atoms with Crippen LogP contribution in [-0.2, 0) is 14.4 Å². The molecule has 7 heteroatoms. The van der Waals surface area contributed by atoms with Crippen LogP contribution >= 0.6 is 0 Å². The number of aryl methyl sites for hydroxylation is 2. The molecule has 0 atom stereocenters. The Labute approximate surface area is 159 Å². The maximum atomic E-state index is 12.3. The lowest BCUT2D eigenvalue weighted by molar-refractivity contribution is -0.146. The first-order valence-corrected chi connectivity index (χ1v) is 9.22. The highest BCUT2D eigenvalue weighted by Gasteiger charge is 2.27. The minimum absolute atomic E-state index is 0.000130. The Morgan fingerprint density at radius 2 is 1.89 bits per heavy atom. The zero-order chi connectivity index (χ0) is 20.0. The van der Waals surface area contributed by atoms with Crippen LogP contribution in [0.3, 0.4) is 0 Å². The standard InChI is InChI=1S/C20H28N2O5/c1-14-4-5-17(15(2)12-14)27-11-8-18(23)21(3)13-19(24)22-9-6-16(7-10-22)20(25)26/h4-5,12,16H,6-11,13H2,1-3H3,(H,25,26). The number of hydrogen-bond donors (Lipinski definition) is 1. The van der Waals surface area contributed by atoms with Gasteiger partial charge in [-0.1, -0.05) is 17.7 Å². The summed E-state index contributed by atoms with van der Waals surface area (Å²) in [4.78, 5) is 38.5. The van der Waals surface area contributed by atoms with E-state index in [1.165, 1.54) is 4.90 Å². The average Bonchev–Trinajstić information content (AvgIpc) is 2.63. The number of carbonyl (C=O) groups excluding carboxylic acids is 2. The maximum absolute atomic E-state index is 12.3. The van der Waals surface area contributed by atoms with Crippen LogP contribution in [0.5, 0.6) is 5.75 Å². The van der Waals surface area contributed by atoms with Gasteiger partial charge in [0.05, 0.1) is 25.5 Å². The minimum atomic E-state index is -0.807. The Bertz CT molecular complexity index is 696. The minimum Gasteiger partial charge on any atom is -0.493 e. The van der Waals surface area contributed by atoms with Crippen molar-refractivity contribution in [1.29, 1.82) is 0 Å². The molecular formula is C20H28N2O5. The second kappa shape index (κ2) is 9.39. The fourth-order valence-electron chi connectivity index (χ4n) is 3.17. The summed E-state index contributed by atoms with van der Waals surface area (Å²) in [5.74, 6) is -0.735. The van der Waals surface area contributed by atoms with Gasteiger partial charge in [-0.2, -0.15) is 0 Å². The molecule has 0 bridgehead atoms. The van der Waals surface area contributed by atoms with E-state index in [2.05, 4.69) is 0 Å². The number of piperidine rings is 1. The van der Waals surface area contributed by atoms with E-state index in [4.69, 9.17) is 9.84 Å². The van der Waals surface area contributed by atoms with Crippen molar-refractivity contribution in [2.75, 3.05) is 33.3 Å². The maximum Gasteiger partial charge on any atom is 0.306 e. The SMILES string of the molecule is Cc1ccc(OCCC(=O)N(C)CC(=O)N2CCC(C(=O)O)CC2)c(C)c1. The van der Waals surface area contributed by atoms with Crippen molar-refractivity contribution in [1.82, 2.24) is 9.80 Å². The third-order valence-electron chi connectivity index (χ3n) is 4.90. The molecule has 1 aromatic rings. The van der Waals surface area contributed by atoms with Crippen LogP contribution in [0.2, 0.25) is 0 Å². The first-order chi connectivity index (χ1) is 12.8. The first-order valence-electron chi connectivity index (χ1n) is 9.22. The van der Waals surface area contributed by atoms with Gasteiger partial charge >= 0.3 is 5.97 Å². The van der Waals surface area contributed by atoms with Crippen molar-refractivity contribution in [3.05, 3.63) is 29.3 Å². The van der Waals surface area contributed by atoms with Crippen LogP contribution in [0.25, 0.3) is 0 Å². The second-order valence-corrected chi connectivity index (χ2v) is 7.11. The molecule has 1 N–H and O–H groups in total. The Balaban J connectivity index is 1.73. The van der Waals surface area contributed by atoms with Gasteiger partial charge in [0.25, 0.3) is 0 Å². The normalized spacial score (nSPS) is 14.7. The molecule has 27 heavy (non-hydrogen) atoms. The fraction of sp³-hybridized carbons (Fsp3) is 0.550. The van der Waals surface area contributed by atoms with Crippen molar-refractivity contribution in [2.24, 2.45) is 5.92 Å². The van der Waals surface area contributed by atoms with E-state index < -0.39 is 5.97 Å². The molecule has 1 aliphatic heterocycles. The van der Waals surface area contributed by atoms with Gasteiger partial charge in [0.2, 0.25) is 11.8 Å². The van der Waals surface area contributed by atoms with Gasteiger partial charge in [0.15, 0.2) is 0 Å². The number of nitrogens with zero attached hydrogens (tertiary/aromatic N) is 2. The van der Waals surface area contributed by atoms with Crippen molar-refractivity contribution < 1.29 is 24.2 Å². The molecule has 0 saturated carbocycles. The van der Waals surface area contributed by atoms with E-state index in [1.54, 1.807) is 11.9 Å². The Kier molecular flexibility index (Phi) is 7.21. The number of hydrogen-bond acceptors (Lipinski definition) is 4. The highest BCUT2D eigenvalue weighted by Crippen LogP contribution is 2.19. The van der Waals surface area contributed by atoms with Crippen LogP contribution in [0.4, 0.5) is 0 Å². The molecule has 1 saturated heterocycles. The van der Waals surface area contributed by atoms with E-state index in [-0.39, 0.29) is 37.3 Å². The topological polar surface area (TPSA) is 87.2 Å². The van der Waals surface area contributed by atoms with Gasteiger partial charge in [0, 0.05) is 20.1 Å². The molecule has 0 aromatic heterocycles. The number of carboxylic acid groups (broad SMARTS) is 1. The van der Waals surface area contributed by atoms with Gasteiger partial charge in [-0.25, -0.2) is 0 Å². The van der Waals surface area contributed by atoms with E-state index in [9.17, 15) is 14.4 Å². The molecule has 7 nitrogen and oxygen atoms in total. The number of aliphatic carboxylic acids is 1. The lowest BCUT2D eigenvalue weighted by Crippen LogP contribution is -2.45. The summed E-state index contributed by atoms with van der Waals surface area (Å²) in [5, 5.41) is 9.01. The van der Waals surface area contributed by atoms with E-state index >= 15 is 0 Å². The molecule has 0 spiro atoms. The summed E-state index contributed by atoms with van der Waals surface area (Å²) < 4.78 is 5.67. The number of rotatable bonds is 7. The van der Waals surface area contributed by atoms with Crippen molar-refractivity contribution in [2.45, 2.75) is 33.1 Å². The molecular weight excluding hydrogens is 348 g/mol. The molecule has 0 unspecified atom stereocenters. The summed E-state index contributed by atoms with van der Waals surface area (Å²) in [6, 6.07) is 5.88. The van der Waals surface area contributed by atoms with Crippen LogP contribution < -0.4 is 4.74 Å². The van der Waals surface area contributed by atoms with Crippen molar-refractivity contribution >= 4 is 17.8 Å². The number of likely N-dealkylation sites (tertiary alicyclic amines) is 1. The molecule has 1 aromatic carbocycles. The molecule has 148 valence electrons. The predicted octanol–water partition coefficient (Wildman–Crippen LogP) is 1.85. The van der Waals surface area contributed by atoms with Crippen LogP contribution in [0.1, 0.15) is 30.4 Å². The summed E-state index contributed by atoms with van der Waals surface area (Å²) in [7, 11) is 1.60. The molecule has 1 heterocycles. The lowest BCUT2D eigenvalue weighted by Gasteiger charge is -2.31. The molecule has 1 aliphatic rings. The summed E-state index contributed by atoms with van der Waals surface area (Å²) in [6.07, 6.45) is 1.11. The third kappa shape index (κ3) is 5.98. The Morgan fingerprint density at radius 3 is 2.48 bits per heavy atom. The summed E-state index contributed by atoms with van der Waals surface area (Å²) in [5.41, 5.74) is 2.18. The molecule has 2 amide bonds. The summed E-state index contributed by atoms with van der Waals surface area (Å²) >= 11 is 0. The van der Waals surface area contributed by atoms with Crippen molar-refractivity contribution in [3.8, 4) is 5.75 Å². The van der Waals surface area contributed by atoms with Crippen LogP contribution in [0.15, 0.2) is 18.2 Å². The fourth-order valence-corrected chi connectivity index (χ4v) is 3.17. The smallest absolute Gasteiger partial charge is 0.306 e. The third-order valence-corrected chi connectivity index (χ3v) is 4.90. The van der Waals surface area contributed by atoms with E-state index in [0.29, 0.717) is 25.9 Å². The van der Waals surface area contributed by atoms with Crippen LogP contribution in [0, 0.1) is 19.8 Å². The second-order valence-electron chi connectivity index (χ2n) is 7.11. The number of likely N-dealkylation sites (N-methyl/N-ethyl adjacent to an activating group) is 1. The average molecular weight is 376 g/mol. The quantitative estimate of drug-likeness (QED) is 0.785. The van der Waals surface area contributed by atoms with Gasteiger partial charge in [-0.3, -0.25) is 14.4 Å². The van der Waals surface area contributed by atoms with Gasteiger partial charge in [-0.15, -0.1) is 0 Å². The summed E-state index contributed by atoms with van der Waals surface area (Å²) in [6.45, 7) is 5.08. The van der Waals surface area contributed by atoms with Gasteiger partial charge in [-0.05, 0) is 38.3 Å². The van der Waals surface area contributed by atoms with Crippen molar-refractivity contribution in [3.63, 3.8) is 0 Å². The molecule has 0 aliphatic carbocycles. The van der Waals surface area contributed by atoms with Gasteiger partial charge < -0.3 is 19.6 Å². The Morgan fingerprint density at radius 1 is 1.22 bits per heavy atom. The zero-order valence-electron chi connectivity index (χ0n) is 16.2. The molecule has 0 radical (unpaired) electrons. The highest BCUT2D eigenvalue weighted by atomic mass is 16.5. The first kappa shape index (κ1) is 20.7. The zero-order valence-corrected chi connectivity index (χ0v) is 16.2. The monoisotopic (exact) mass is 376 g/mol. The van der Waals surface area contributed by atoms with E-state index in [1.807, 2.05) is 32.0 Å². The largest absolute Gasteiger partial charge is 0.493 e. The number of carboxylic acids is 1. The molecule has 1 fully saturated rings. The van der Waals surface area contributed by atoms with E-state index in [0.717, 1.165) is 16.9 Å². The number of ether oxygens (including phenoxy) is 1. The predicted molar refractivity (Wildman–Crippen MR) is 101 cm³/mol. The Hall–Kier alpha value is -2.57. The van der Waals surface area contributed by atoms with Crippen LogP contribution in [-0.4, -0.2) is 66.0 Å². The number of benzene rings is 1. The number of carbonyl (C=O) groups is 3. The lowest BCUT2D eigenvalue weighted by atomic mass is 9.97. The molecule has 2 rings (SSSR count). The van der Waals surface area contributed by atoms with Gasteiger partial charge in [0.1, 0.15) is 5.75 Å².